The van der Waals surface area contributed by atoms with Gasteiger partial charge in [-0.1, -0.05) is 0 Å². The minimum atomic E-state index is 0.355. The van der Waals surface area contributed by atoms with Crippen LogP contribution in [0, 0.1) is 0 Å². The summed E-state index contributed by atoms with van der Waals surface area (Å²) in [5.74, 6) is 0. The molecule has 0 heterocycles. The van der Waals surface area contributed by atoms with Gasteiger partial charge < -0.3 is 92.0 Å². The van der Waals surface area contributed by atoms with Crippen molar-refractivity contribution in [3.8, 4) is 0 Å². The van der Waals surface area contributed by atoms with Crippen molar-refractivity contribution in [3.63, 3.8) is 0 Å². The molecule has 0 amide bonds. The van der Waals surface area contributed by atoms with E-state index in [9.17, 15) is 0 Å². The van der Waals surface area contributed by atoms with Gasteiger partial charge in [-0.15, -0.1) is 0 Å². The van der Waals surface area contributed by atoms with E-state index in [4.69, 9.17) is 102 Å². The Bertz CT molecular complexity index is 674. The Kier molecular flexibility index (Phi) is 56.3. The molecule has 0 saturated carbocycles. The van der Waals surface area contributed by atoms with Crippen LogP contribution in [0.2, 0.25) is 0 Å². The number of nitrogens with two attached hydrogens (primary N) is 2. The fraction of sp³-hybridized carbons (Fsp3) is 1.00. The van der Waals surface area contributed by atoms with Gasteiger partial charge in [-0.25, -0.2) is 9.78 Å². The van der Waals surface area contributed by atoms with Gasteiger partial charge in [-0.3, -0.25) is 0 Å². The highest BCUT2D eigenvalue weighted by Crippen LogP contribution is 1.89. The van der Waals surface area contributed by atoms with Crippen molar-refractivity contribution in [2.45, 2.75) is 0 Å². The SMILES string of the molecule is NCCOCCOCCOCCOCCOCCOCCOCCOCCOCCOCCOCCOCCOCCOCCOCCOCCOCCOOCCN. The molecule has 0 fully saturated rings. The van der Waals surface area contributed by atoms with Crippen LogP contribution in [0.3, 0.4) is 0 Å². The quantitative estimate of drug-likeness (QED) is 0.0431. The van der Waals surface area contributed by atoms with Gasteiger partial charge in [-0.05, 0) is 0 Å². The van der Waals surface area contributed by atoms with Crippen molar-refractivity contribution >= 4 is 0 Å². The van der Waals surface area contributed by atoms with Gasteiger partial charge in [-0.2, -0.15) is 0 Å². The third kappa shape index (κ3) is 57.2. The van der Waals surface area contributed by atoms with E-state index in [0.717, 1.165) is 0 Å². The van der Waals surface area contributed by atoms with Crippen LogP contribution >= 0.6 is 0 Å². The topological polar surface area (TPSA) is 227 Å². The van der Waals surface area contributed by atoms with Gasteiger partial charge in [0.15, 0.2) is 0 Å². The van der Waals surface area contributed by atoms with Gasteiger partial charge in [0.2, 0.25) is 0 Å². The average molecular weight is 869 g/mol. The number of ether oxygens (including phenoxy) is 17. The molecule has 0 atom stereocenters. The zero-order valence-corrected chi connectivity index (χ0v) is 35.8. The lowest BCUT2D eigenvalue weighted by Gasteiger charge is -2.09. The van der Waals surface area contributed by atoms with Crippen LogP contribution in [0.4, 0.5) is 0 Å². The van der Waals surface area contributed by atoms with Crippen molar-refractivity contribution < 1.29 is 90.3 Å². The lowest BCUT2D eigenvalue weighted by atomic mass is 10.6. The van der Waals surface area contributed by atoms with Crippen molar-refractivity contribution in [2.24, 2.45) is 11.5 Å². The minimum Gasteiger partial charge on any atom is -0.378 e. The van der Waals surface area contributed by atoms with Crippen LogP contribution < -0.4 is 11.5 Å². The largest absolute Gasteiger partial charge is 0.378 e. The van der Waals surface area contributed by atoms with Crippen LogP contribution in [0.25, 0.3) is 0 Å². The third-order valence-electron chi connectivity index (χ3n) is 6.81. The average Bonchev–Trinajstić information content (AvgIpc) is 3.25. The molecule has 0 aromatic carbocycles. The molecular weight excluding hydrogens is 788 g/mol. The number of hydrogen-bond acceptors (Lipinski definition) is 21. The van der Waals surface area contributed by atoms with Crippen molar-refractivity contribution in [1.82, 2.24) is 0 Å². The molecule has 0 rings (SSSR count). The molecule has 21 heteroatoms. The summed E-state index contributed by atoms with van der Waals surface area (Å²) in [6, 6.07) is 0. The van der Waals surface area contributed by atoms with E-state index >= 15 is 0 Å². The fourth-order valence-corrected chi connectivity index (χ4v) is 3.96. The Balaban J connectivity index is 3.06. The molecule has 0 spiro atoms. The summed E-state index contributed by atoms with van der Waals surface area (Å²) in [5, 5.41) is 0. The first-order valence-electron chi connectivity index (χ1n) is 20.9. The number of rotatable bonds is 56. The summed E-state index contributed by atoms with van der Waals surface area (Å²) in [4.78, 5) is 9.63. The van der Waals surface area contributed by atoms with Gasteiger partial charge in [0.1, 0.15) is 6.61 Å². The molecule has 0 aromatic heterocycles. The first kappa shape index (κ1) is 58.2. The highest BCUT2D eigenvalue weighted by molar-refractivity contribution is 4.41. The van der Waals surface area contributed by atoms with E-state index in [1.165, 1.54) is 0 Å². The fourth-order valence-electron chi connectivity index (χ4n) is 3.96. The molecule has 0 aliphatic carbocycles. The Hall–Kier alpha value is -0.840. The highest BCUT2D eigenvalue weighted by atomic mass is 17.2. The standard InChI is InChI=1S/C38H80N2O19/c39-1-3-41-5-6-42-7-8-43-9-10-44-11-12-45-13-14-46-15-16-47-17-18-48-19-20-49-21-22-50-23-24-51-25-26-52-27-28-53-29-30-54-31-32-55-33-34-56-35-36-57-37-38-59-58-4-2-40/h1-40H2. The second-order valence-electron chi connectivity index (χ2n) is 11.6. The predicted octanol–water partition coefficient (Wildman–Crippen LogP) is -0.866. The van der Waals surface area contributed by atoms with E-state index in [0.29, 0.717) is 251 Å². The molecule has 4 N–H and O–H groups in total. The predicted molar refractivity (Wildman–Crippen MR) is 214 cm³/mol. The van der Waals surface area contributed by atoms with Gasteiger partial charge in [0.25, 0.3) is 0 Å². The van der Waals surface area contributed by atoms with Crippen LogP contribution in [-0.4, -0.2) is 251 Å². The molecule has 0 bridgehead atoms. The first-order valence-corrected chi connectivity index (χ1v) is 20.9. The maximum Gasteiger partial charge on any atom is 0.106 e. The Labute approximate surface area is 352 Å². The zero-order chi connectivity index (χ0) is 42.3. The minimum absolute atomic E-state index is 0.355. The van der Waals surface area contributed by atoms with Gasteiger partial charge >= 0.3 is 0 Å². The third-order valence-corrected chi connectivity index (χ3v) is 6.81. The normalized spacial score (nSPS) is 11.7. The maximum absolute atomic E-state index is 5.50. The number of hydrogen-bond donors (Lipinski definition) is 2. The van der Waals surface area contributed by atoms with Crippen LogP contribution in [0.5, 0.6) is 0 Å². The molecule has 356 valence electrons. The Morgan fingerprint density at radius 1 is 0.136 bits per heavy atom. The molecular formula is C38H80N2O19. The maximum atomic E-state index is 5.50. The van der Waals surface area contributed by atoms with Gasteiger partial charge in [0, 0.05) is 13.1 Å². The summed E-state index contributed by atoms with van der Waals surface area (Å²) in [7, 11) is 0. The van der Waals surface area contributed by atoms with Crippen LogP contribution in [-0.2, 0) is 90.3 Å². The molecule has 21 nitrogen and oxygen atoms in total. The summed E-state index contributed by atoms with van der Waals surface area (Å²) >= 11 is 0. The van der Waals surface area contributed by atoms with E-state index in [1.807, 2.05) is 0 Å². The molecule has 0 aliphatic heterocycles. The Morgan fingerprint density at radius 3 is 0.407 bits per heavy atom. The second-order valence-corrected chi connectivity index (χ2v) is 11.6. The van der Waals surface area contributed by atoms with Crippen molar-refractivity contribution in [1.29, 1.82) is 0 Å². The summed E-state index contributed by atoms with van der Waals surface area (Å²) < 4.78 is 92.6. The van der Waals surface area contributed by atoms with Crippen LogP contribution in [0.1, 0.15) is 0 Å². The first-order chi connectivity index (χ1) is 29.4. The summed E-state index contributed by atoms with van der Waals surface area (Å²) in [5.41, 5.74) is 10.6. The van der Waals surface area contributed by atoms with Crippen molar-refractivity contribution in [2.75, 3.05) is 251 Å². The highest BCUT2D eigenvalue weighted by Gasteiger charge is 1.98. The Morgan fingerprint density at radius 2 is 0.254 bits per heavy atom. The van der Waals surface area contributed by atoms with Crippen molar-refractivity contribution in [3.05, 3.63) is 0 Å². The molecule has 0 radical (unpaired) electrons. The monoisotopic (exact) mass is 869 g/mol. The molecule has 0 aliphatic rings. The smallest absolute Gasteiger partial charge is 0.106 e. The molecule has 0 saturated heterocycles. The van der Waals surface area contributed by atoms with E-state index in [-0.39, 0.29) is 0 Å². The van der Waals surface area contributed by atoms with E-state index in [1.54, 1.807) is 0 Å². The summed E-state index contributed by atoms with van der Waals surface area (Å²) in [6.45, 7) is 18.7. The van der Waals surface area contributed by atoms with Crippen LogP contribution in [0.15, 0.2) is 0 Å². The molecule has 0 unspecified atom stereocenters. The molecule has 59 heavy (non-hydrogen) atoms. The molecule has 0 aromatic rings. The van der Waals surface area contributed by atoms with E-state index < -0.39 is 0 Å². The lowest BCUT2D eigenvalue weighted by Crippen LogP contribution is -2.16. The zero-order valence-electron chi connectivity index (χ0n) is 35.8. The van der Waals surface area contributed by atoms with Gasteiger partial charge in [0.05, 0.1) is 231 Å². The van der Waals surface area contributed by atoms with E-state index in [2.05, 4.69) is 0 Å². The second kappa shape index (κ2) is 57.2. The summed E-state index contributed by atoms with van der Waals surface area (Å²) in [6.07, 6.45) is 0. The lowest BCUT2D eigenvalue weighted by molar-refractivity contribution is -0.297.